The summed E-state index contributed by atoms with van der Waals surface area (Å²) < 4.78 is 4.93. The molecule has 142 valence electrons. The summed E-state index contributed by atoms with van der Waals surface area (Å²) in [6.45, 7) is -0.0390. The zero-order valence-electron chi connectivity index (χ0n) is 14.9. The summed E-state index contributed by atoms with van der Waals surface area (Å²) >= 11 is 0. The Morgan fingerprint density at radius 3 is 2.30 bits per heavy atom. The van der Waals surface area contributed by atoms with Gasteiger partial charge in [0.1, 0.15) is 0 Å². The van der Waals surface area contributed by atoms with E-state index in [0.29, 0.717) is 19.4 Å². The third kappa shape index (κ3) is 4.61. The third-order valence-corrected chi connectivity index (χ3v) is 4.84. The molecule has 0 spiro atoms. The van der Waals surface area contributed by atoms with Crippen LogP contribution in [0.2, 0.25) is 0 Å². The van der Waals surface area contributed by atoms with Crippen molar-refractivity contribution in [2.75, 3.05) is 13.2 Å². The van der Waals surface area contributed by atoms with Gasteiger partial charge in [0.15, 0.2) is 6.61 Å². The minimum atomic E-state index is -0.613. The number of nitrogens with zero attached hydrogens (tertiary/aromatic N) is 1. The fourth-order valence-electron chi connectivity index (χ4n) is 3.36. The lowest BCUT2D eigenvalue weighted by atomic mass is 9.85. The summed E-state index contributed by atoms with van der Waals surface area (Å²) in [6.07, 6.45) is 4.85. The zero-order chi connectivity index (χ0) is 19.2. The van der Waals surface area contributed by atoms with Gasteiger partial charge < -0.3 is 10.1 Å². The maximum atomic E-state index is 12.3. The Bertz CT molecular complexity index is 733. The van der Waals surface area contributed by atoms with Crippen LogP contribution in [0, 0.1) is 11.8 Å². The first-order valence-electron chi connectivity index (χ1n) is 9.02. The molecule has 1 aromatic carbocycles. The first-order valence-corrected chi connectivity index (χ1v) is 9.02. The van der Waals surface area contributed by atoms with E-state index in [1.54, 1.807) is 0 Å². The molecule has 1 aliphatic heterocycles. The maximum absolute atomic E-state index is 12.3. The third-order valence-electron chi connectivity index (χ3n) is 4.84. The largest absolute Gasteiger partial charge is 0.456 e. The molecule has 7 heteroatoms. The maximum Gasteiger partial charge on any atom is 0.308 e. The molecular formula is C20H22N2O5. The van der Waals surface area contributed by atoms with E-state index in [1.807, 2.05) is 42.5 Å². The van der Waals surface area contributed by atoms with Gasteiger partial charge in [0.2, 0.25) is 11.8 Å². The number of hydrogen-bond acceptors (Lipinski definition) is 5. The van der Waals surface area contributed by atoms with Gasteiger partial charge in [0.05, 0.1) is 18.3 Å². The highest BCUT2D eigenvalue weighted by Gasteiger charge is 2.46. The van der Waals surface area contributed by atoms with Gasteiger partial charge in [-0.25, -0.2) is 0 Å². The number of ether oxygens (including phenoxy) is 1. The number of carbonyl (C=O) groups excluding carboxylic acids is 4. The smallest absolute Gasteiger partial charge is 0.308 e. The Morgan fingerprint density at radius 2 is 1.67 bits per heavy atom. The Kier molecular flexibility index (Phi) is 6.01. The van der Waals surface area contributed by atoms with Crippen molar-refractivity contribution < 1.29 is 23.9 Å². The van der Waals surface area contributed by atoms with Crippen LogP contribution < -0.4 is 5.32 Å². The summed E-state index contributed by atoms with van der Waals surface area (Å²) in [5.41, 5.74) is 0.944. The Hall–Kier alpha value is -2.96. The molecule has 1 N–H and O–H groups in total. The predicted molar refractivity (Wildman–Crippen MR) is 95.9 cm³/mol. The van der Waals surface area contributed by atoms with Gasteiger partial charge in [-0.05, 0) is 18.4 Å². The first-order chi connectivity index (χ1) is 13.1. The minimum absolute atomic E-state index is 0.00483. The van der Waals surface area contributed by atoms with Crippen LogP contribution in [0.1, 0.15) is 24.8 Å². The molecule has 1 aromatic rings. The molecule has 3 amide bonds. The molecule has 2 aliphatic rings. The van der Waals surface area contributed by atoms with E-state index in [4.69, 9.17) is 4.74 Å². The van der Waals surface area contributed by atoms with Crippen molar-refractivity contribution in [1.29, 1.82) is 0 Å². The Balaban J connectivity index is 1.38. The van der Waals surface area contributed by atoms with Gasteiger partial charge in [-0.15, -0.1) is 0 Å². The number of esters is 1. The van der Waals surface area contributed by atoms with Crippen molar-refractivity contribution in [3.63, 3.8) is 0 Å². The molecule has 0 bridgehead atoms. The summed E-state index contributed by atoms with van der Waals surface area (Å²) in [7, 11) is 0. The summed E-state index contributed by atoms with van der Waals surface area (Å²) in [4.78, 5) is 49.3. The van der Waals surface area contributed by atoms with Gasteiger partial charge in [0.25, 0.3) is 5.91 Å². The first kappa shape index (κ1) is 18.8. The van der Waals surface area contributed by atoms with Crippen LogP contribution in [0.4, 0.5) is 0 Å². The van der Waals surface area contributed by atoms with Crippen LogP contribution in [0.25, 0.3) is 0 Å². The quantitative estimate of drug-likeness (QED) is 0.442. The second kappa shape index (κ2) is 8.62. The fraction of sp³-hybridized carbons (Fsp3) is 0.400. The second-order valence-electron chi connectivity index (χ2n) is 6.66. The van der Waals surface area contributed by atoms with E-state index in [-0.39, 0.29) is 43.2 Å². The van der Waals surface area contributed by atoms with E-state index >= 15 is 0 Å². The highest BCUT2D eigenvalue weighted by molar-refractivity contribution is 6.05. The molecule has 1 fully saturated rings. The molecule has 0 aromatic heterocycles. The van der Waals surface area contributed by atoms with Gasteiger partial charge >= 0.3 is 5.97 Å². The summed E-state index contributed by atoms with van der Waals surface area (Å²) in [6, 6.07) is 9.38. The number of amides is 3. The molecule has 27 heavy (non-hydrogen) atoms. The number of nitrogens with one attached hydrogen (secondary N) is 1. The molecule has 0 saturated carbocycles. The van der Waals surface area contributed by atoms with Crippen LogP contribution in [0.5, 0.6) is 0 Å². The molecule has 1 aliphatic carbocycles. The van der Waals surface area contributed by atoms with Crippen LogP contribution in [0.15, 0.2) is 42.5 Å². The number of fused-ring (bicyclic) bond motifs is 1. The molecule has 2 atom stereocenters. The predicted octanol–water partition coefficient (Wildman–Crippen LogP) is 1.19. The van der Waals surface area contributed by atoms with Crippen molar-refractivity contribution in [1.82, 2.24) is 10.2 Å². The standard InChI is InChI=1S/C20H22N2O5/c23-17(21-12-14-6-2-1-3-7-14)13-27-18(24)10-11-22-19(25)15-8-4-5-9-16(15)20(22)26/h1-7,15-16H,8-13H2,(H,21,23)/t15-,16-/m0/s1. The average molecular weight is 370 g/mol. The topological polar surface area (TPSA) is 92.8 Å². The lowest BCUT2D eigenvalue weighted by Crippen LogP contribution is -2.34. The highest BCUT2D eigenvalue weighted by Crippen LogP contribution is 2.34. The number of imide groups is 1. The number of rotatable bonds is 7. The van der Waals surface area contributed by atoms with Gasteiger partial charge in [-0.3, -0.25) is 24.1 Å². The summed E-state index contributed by atoms with van der Waals surface area (Å²) in [5.74, 6) is -2.06. The van der Waals surface area contributed by atoms with E-state index in [2.05, 4.69) is 5.32 Å². The molecule has 3 rings (SSSR count). The Morgan fingerprint density at radius 1 is 1.04 bits per heavy atom. The number of allylic oxidation sites excluding steroid dienone is 2. The molecule has 0 radical (unpaired) electrons. The van der Waals surface area contributed by atoms with Crippen LogP contribution in [0.3, 0.4) is 0 Å². The van der Waals surface area contributed by atoms with Crippen molar-refractivity contribution in [3.05, 3.63) is 48.0 Å². The molecular weight excluding hydrogens is 348 g/mol. The number of carbonyl (C=O) groups is 4. The van der Waals surface area contributed by atoms with Crippen molar-refractivity contribution in [2.45, 2.75) is 25.8 Å². The van der Waals surface area contributed by atoms with Crippen LogP contribution in [-0.4, -0.2) is 41.7 Å². The fourth-order valence-corrected chi connectivity index (χ4v) is 3.36. The Labute approximate surface area is 157 Å². The van der Waals surface area contributed by atoms with E-state index < -0.39 is 11.9 Å². The zero-order valence-corrected chi connectivity index (χ0v) is 14.9. The minimum Gasteiger partial charge on any atom is -0.456 e. The van der Waals surface area contributed by atoms with Gasteiger partial charge in [-0.2, -0.15) is 0 Å². The second-order valence-corrected chi connectivity index (χ2v) is 6.66. The number of hydrogen-bond donors (Lipinski definition) is 1. The van der Waals surface area contributed by atoms with Crippen LogP contribution in [-0.2, 0) is 30.5 Å². The van der Waals surface area contributed by atoms with Gasteiger partial charge in [0, 0.05) is 13.1 Å². The monoisotopic (exact) mass is 370 g/mol. The molecule has 7 nitrogen and oxygen atoms in total. The normalized spacial score (nSPS) is 21.1. The molecule has 0 unspecified atom stereocenters. The lowest BCUT2D eigenvalue weighted by Gasteiger charge is -2.14. The average Bonchev–Trinajstić information content (AvgIpc) is 2.94. The summed E-state index contributed by atoms with van der Waals surface area (Å²) in [5, 5.41) is 2.66. The molecule has 1 saturated heterocycles. The lowest BCUT2D eigenvalue weighted by molar-refractivity contribution is -0.150. The van der Waals surface area contributed by atoms with E-state index in [9.17, 15) is 19.2 Å². The van der Waals surface area contributed by atoms with E-state index in [1.165, 1.54) is 0 Å². The number of likely N-dealkylation sites (tertiary alicyclic amines) is 1. The number of benzene rings is 1. The van der Waals surface area contributed by atoms with Crippen molar-refractivity contribution >= 4 is 23.7 Å². The van der Waals surface area contributed by atoms with Crippen molar-refractivity contribution in [3.8, 4) is 0 Å². The SMILES string of the molecule is O=C(COC(=O)CCN1C(=O)[C@H]2CC=CC[C@@H]2C1=O)NCc1ccccc1. The van der Waals surface area contributed by atoms with Crippen molar-refractivity contribution in [2.24, 2.45) is 11.8 Å². The highest BCUT2D eigenvalue weighted by atomic mass is 16.5. The van der Waals surface area contributed by atoms with Gasteiger partial charge in [-0.1, -0.05) is 42.5 Å². The van der Waals surface area contributed by atoms with E-state index in [0.717, 1.165) is 10.5 Å². The van der Waals surface area contributed by atoms with Crippen LogP contribution >= 0.6 is 0 Å². The molecule has 1 heterocycles.